The van der Waals surface area contributed by atoms with Crippen molar-refractivity contribution >= 4 is 5.69 Å². The summed E-state index contributed by atoms with van der Waals surface area (Å²) < 4.78 is 1.76. The van der Waals surface area contributed by atoms with Crippen molar-refractivity contribution in [3.8, 4) is 11.8 Å². The molecule has 0 amide bonds. The number of hydrogen-bond acceptors (Lipinski definition) is 5. The lowest BCUT2D eigenvalue weighted by Gasteiger charge is -2.34. The van der Waals surface area contributed by atoms with Gasteiger partial charge in [-0.25, -0.2) is 4.68 Å². The zero-order chi connectivity index (χ0) is 15.5. The van der Waals surface area contributed by atoms with Gasteiger partial charge >= 0.3 is 0 Å². The third kappa shape index (κ3) is 2.68. The number of anilines is 1. The quantitative estimate of drug-likeness (QED) is 0.858. The molecule has 1 aromatic heterocycles. The molecule has 3 rings (SSSR count). The van der Waals surface area contributed by atoms with Crippen LogP contribution in [-0.2, 0) is 6.42 Å². The Morgan fingerprint density at radius 2 is 1.73 bits per heavy atom. The highest BCUT2D eigenvalue weighted by atomic mass is 15.4. The Labute approximate surface area is 130 Å². The maximum atomic E-state index is 9.07. The van der Waals surface area contributed by atoms with Gasteiger partial charge in [0.15, 0.2) is 5.69 Å². The number of hydrogen-bond donors (Lipinski definition) is 0. The first kappa shape index (κ1) is 14.5. The van der Waals surface area contributed by atoms with E-state index in [9.17, 15) is 0 Å². The van der Waals surface area contributed by atoms with Crippen molar-refractivity contribution in [2.75, 3.05) is 38.1 Å². The van der Waals surface area contributed by atoms with E-state index in [0.717, 1.165) is 44.0 Å². The molecule has 2 heterocycles. The Hall–Kier alpha value is -2.39. The zero-order valence-corrected chi connectivity index (χ0v) is 13.0. The highest BCUT2D eigenvalue weighted by Crippen LogP contribution is 2.20. The largest absolute Gasteiger partial charge is 0.369 e. The molecule has 2 aromatic rings. The Morgan fingerprint density at radius 3 is 2.32 bits per heavy atom. The molecule has 1 aliphatic rings. The molecule has 1 aliphatic heterocycles. The maximum absolute atomic E-state index is 9.07. The Morgan fingerprint density at radius 1 is 1.09 bits per heavy atom. The van der Waals surface area contributed by atoms with E-state index in [-0.39, 0.29) is 0 Å². The fourth-order valence-electron chi connectivity index (χ4n) is 2.78. The molecule has 114 valence electrons. The van der Waals surface area contributed by atoms with Gasteiger partial charge in [-0.3, -0.25) is 0 Å². The molecular weight excluding hydrogens is 276 g/mol. The number of benzene rings is 1. The number of piperazine rings is 1. The SMILES string of the molecule is CCc1c(C#N)nnn1-c1ccc(N2CCN(C)CC2)cc1. The fraction of sp³-hybridized carbons (Fsp3) is 0.438. The van der Waals surface area contributed by atoms with Gasteiger partial charge in [-0.15, -0.1) is 5.10 Å². The number of aromatic nitrogens is 3. The molecule has 0 aliphatic carbocycles. The summed E-state index contributed by atoms with van der Waals surface area (Å²) in [7, 11) is 2.16. The summed E-state index contributed by atoms with van der Waals surface area (Å²) >= 11 is 0. The summed E-state index contributed by atoms with van der Waals surface area (Å²) in [6, 6.07) is 10.4. The lowest BCUT2D eigenvalue weighted by Crippen LogP contribution is -2.44. The predicted octanol–water partition coefficient (Wildman–Crippen LogP) is 1.45. The molecule has 0 bridgehead atoms. The second-order valence-electron chi connectivity index (χ2n) is 5.57. The minimum atomic E-state index is 0.408. The predicted molar refractivity (Wildman–Crippen MR) is 85.2 cm³/mol. The minimum Gasteiger partial charge on any atom is -0.369 e. The van der Waals surface area contributed by atoms with Gasteiger partial charge in [0.2, 0.25) is 0 Å². The van der Waals surface area contributed by atoms with E-state index >= 15 is 0 Å². The van der Waals surface area contributed by atoms with E-state index in [2.05, 4.69) is 45.4 Å². The molecule has 0 atom stereocenters. The number of likely N-dealkylation sites (N-methyl/N-ethyl adjacent to an activating group) is 1. The standard InChI is InChI=1S/C16H20N6/c1-3-16-15(12-17)18-19-22(16)14-6-4-13(5-7-14)21-10-8-20(2)9-11-21/h4-7H,3,8-11H2,1-2H3. The van der Waals surface area contributed by atoms with Crippen LogP contribution in [0.3, 0.4) is 0 Å². The van der Waals surface area contributed by atoms with Gasteiger partial charge < -0.3 is 9.80 Å². The molecule has 22 heavy (non-hydrogen) atoms. The minimum absolute atomic E-state index is 0.408. The summed E-state index contributed by atoms with van der Waals surface area (Å²) in [4.78, 5) is 4.74. The van der Waals surface area contributed by atoms with Crippen molar-refractivity contribution in [3.05, 3.63) is 35.7 Å². The van der Waals surface area contributed by atoms with Crippen LogP contribution in [0.25, 0.3) is 5.69 Å². The molecular formula is C16H20N6. The molecule has 0 radical (unpaired) electrons. The average molecular weight is 296 g/mol. The molecule has 6 nitrogen and oxygen atoms in total. The van der Waals surface area contributed by atoms with Gasteiger partial charge in [0, 0.05) is 31.9 Å². The third-order valence-corrected chi connectivity index (χ3v) is 4.17. The fourth-order valence-corrected chi connectivity index (χ4v) is 2.78. The lowest BCUT2D eigenvalue weighted by atomic mass is 10.2. The van der Waals surface area contributed by atoms with Crippen LogP contribution in [0.2, 0.25) is 0 Å². The molecule has 0 N–H and O–H groups in total. The van der Waals surface area contributed by atoms with E-state index in [0.29, 0.717) is 5.69 Å². The summed E-state index contributed by atoms with van der Waals surface area (Å²) in [5, 5.41) is 17.1. The molecule has 1 aromatic carbocycles. The van der Waals surface area contributed by atoms with Crippen LogP contribution in [-0.4, -0.2) is 53.1 Å². The van der Waals surface area contributed by atoms with Crippen molar-refractivity contribution in [2.24, 2.45) is 0 Å². The van der Waals surface area contributed by atoms with Gasteiger partial charge in [0.25, 0.3) is 0 Å². The van der Waals surface area contributed by atoms with Gasteiger partial charge in [-0.1, -0.05) is 12.1 Å². The molecule has 6 heteroatoms. The normalized spacial score (nSPS) is 15.8. The third-order valence-electron chi connectivity index (χ3n) is 4.17. The van der Waals surface area contributed by atoms with E-state index < -0.39 is 0 Å². The van der Waals surface area contributed by atoms with Crippen LogP contribution in [0, 0.1) is 11.3 Å². The second-order valence-corrected chi connectivity index (χ2v) is 5.57. The summed E-state index contributed by atoms with van der Waals surface area (Å²) in [6.45, 7) is 6.30. The second kappa shape index (κ2) is 6.16. The summed E-state index contributed by atoms with van der Waals surface area (Å²) in [5.74, 6) is 0. The average Bonchev–Trinajstić information content (AvgIpc) is 2.98. The topological polar surface area (TPSA) is 61.0 Å². The van der Waals surface area contributed by atoms with Gasteiger partial charge in [-0.05, 0) is 37.7 Å². The van der Waals surface area contributed by atoms with Crippen LogP contribution in [0.5, 0.6) is 0 Å². The highest BCUT2D eigenvalue weighted by Gasteiger charge is 2.15. The number of nitriles is 1. The molecule has 1 fully saturated rings. The van der Waals surface area contributed by atoms with Crippen LogP contribution < -0.4 is 4.90 Å². The van der Waals surface area contributed by atoms with Gasteiger partial charge in [0.1, 0.15) is 6.07 Å². The van der Waals surface area contributed by atoms with Crippen molar-refractivity contribution in [2.45, 2.75) is 13.3 Å². The Balaban J connectivity index is 1.83. The van der Waals surface area contributed by atoms with Crippen molar-refractivity contribution < 1.29 is 0 Å². The van der Waals surface area contributed by atoms with Crippen LogP contribution in [0.15, 0.2) is 24.3 Å². The summed E-state index contributed by atoms with van der Waals surface area (Å²) in [6.07, 6.45) is 0.732. The van der Waals surface area contributed by atoms with Gasteiger partial charge in [-0.2, -0.15) is 5.26 Å². The van der Waals surface area contributed by atoms with E-state index in [1.165, 1.54) is 5.69 Å². The summed E-state index contributed by atoms with van der Waals surface area (Å²) in [5.41, 5.74) is 3.44. The Kier molecular flexibility index (Phi) is 4.07. The maximum Gasteiger partial charge on any atom is 0.186 e. The first-order chi connectivity index (χ1) is 10.7. The van der Waals surface area contributed by atoms with Crippen LogP contribution in [0.1, 0.15) is 18.3 Å². The number of rotatable bonds is 3. The zero-order valence-electron chi connectivity index (χ0n) is 13.0. The van der Waals surface area contributed by atoms with Crippen molar-refractivity contribution in [1.29, 1.82) is 5.26 Å². The van der Waals surface area contributed by atoms with Crippen molar-refractivity contribution in [1.82, 2.24) is 19.9 Å². The van der Waals surface area contributed by atoms with E-state index in [1.807, 2.05) is 19.1 Å². The van der Waals surface area contributed by atoms with Crippen molar-refractivity contribution in [3.63, 3.8) is 0 Å². The van der Waals surface area contributed by atoms with Crippen LogP contribution >= 0.6 is 0 Å². The van der Waals surface area contributed by atoms with E-state index in [1.54, 1.807) is 4.68 Å². The smallest absolute Gasteiger partial charge is 0.186 e. The first-order valence-corrected chi connectivity index (χ1v) is 7.61. The highest BCUT2D eigenvalue weighted by molar-refractivity contribution is 5.51. The molecule has 0 unspecified atom stereocenters. The Bertz CT molecular complexity index is 674. The molecule has 0 spiro atoms. The molecule has 1 saturated heterocycles. The molecule has 0 saturated carbocycles. The first-order valence-electron chi connectivity index (χ1n) is 7.61. The lowest BCUT2D eigenvalue weighted by molar-refractivity contribution is 0.313. The monoisotopic (exact) mass is 296 g/mol. The van der Waals surface area contributed by atoms with E-state index in [4.69, 9.17) is 5.26 Å². The number of nitrogens with zero attached hydrogens (tertiary/aromatic N) is 6. The van der Waals surface area contributed by atoms with Gasteiger partial charge in [0.05, 0.1) is 11.4 Å². The van der Waals surface area contributed by atoms with Crippen LogP contribution in [0.4, 0.5) is 5.69 Å².